The molecular weight excluding hydrogens is 343 g/mol. The second-order valence-corrected chi connectivity index (χ2v) is 9.47. The third-order valence-corrected chi connectivity index (χ3v) is 7.63. The Hall–Kier alpha value is -1.02. The van der Waals surface area contributed by atoms with E-state index in [1.807, 2.05) is 14.1 Å². The second-order valence-electron chi connectivity index (χ2n) is 7.53. The zero-order valence-corrected chi connectivity index (χ0v) is 16.1. The van der Waals surface area contributed by atoms with E-state index >= 15 is 0 Å². The number of ether oxygens (including phenoxy) is 1. The highest BCUT2D eigenvalue weighted by atomic mass is 32.2. The van der Waals surface area contributed by atoms with E-state index in [1.54, 1.807) is 14.0 Å². The highest BCUT2D eigenvalue weighted by molar-refractivity contribution is 7.89. The van der Waals surface area contributed by atoms with Crippen molar-refractivity contribution in [3.05, 3.63) is 29.6 Å². The van der Waals surface area contributed by atoms with Gasteiger partial charge in [-0.15, -0.1) is 0 Å². The number of hydrogen-bond acceptors (Lipinski definition) is 4. The minimum absolute atomic E-state index is 0.0432. The number of sulfonamides is 1. The number of hydrogen-bond donors (Lipinski definition) is 0. The van der Waals surface area contributed by atoms with Crippen molar-refractivity contribution < 1.29 is 17.5 Å². The lowest BCUT2D eigenvalue weighted by atomic mass is 9.77. The zero-order chi connectivity index (χ0) is 18.4. The van der Waals surface area contributed by atoms with Crippen LogP contribution < -0.4 is 0 Å². The van der Waals surface area contributed by atoms with Crippen molar-refractivity contribution in [1.82, 2.24) is 9.21 Å². The molecule has 1 aromatic rings. The van der Waals surface area contributed by atoms with Crippen LogP contribution >= 0.6 is 0 Å². The van der Waals surface area contributed by atoms with Crippen LogP contribution in [0.25, 0.3) is 0 Å². The van der Waals surface area contributed by atoms with Crippen LogP contribution in [0.15, 0.2) is 23.1 Å². The molecule has 7 heteroatoms. The number of aryl methyl sites for hydroxylation is 1. The molecule has 1 aromatic carbocycles. The van der Waals surface area contributed by atoms with Crippen LogP contribution in [0, 0.1) is 24.6 Å². The Bertz CT molecular complexity index is 738. The van der Waals surface area contributed by atoms with Crippen LogP contribution in [0.4, 0.5) is 4.39 Å². The van der Waals surface area contributed by atoms with Gasteiger partial charge in [0, 0.05) is 26.2 Å². The fourth-order valence-corrected chi connectivity index (χ4v) is 5.79. The van der Waals surface area contributed by atoms with E-state index in [2.05, 4.69) is 4.90 Å². The Morgan fingerprint density at radius 3 is 2.40 bits per heavy atom. The van der Waals surface area contributed by atoms with Gasteiger partial charge in [-0.3, -0.25) is 0 Å². The number of likely N-dealkylation sites (N-methyl/N-ethyl adjacent to an activating group) is 1. The molecule has 2 aliphatic rings. The van der Waals surface area contributed by atoms with Crippen LogP contribution in [0.1, 0.15) is 18.4 Å². The van der Waals surface area contributed by atoms with Crippen LogP contribution in [0.3, 0.4) is 0 Å². The molecule has 4 atom stereocenters. The summed E-state index contributed by atoms with van der Waals surface area (Å²) < 4.78 is 46.8. The molecule has 0 amide bonds. The molecule has 1 saturated carbocycles. The Morgan fingerprint density at radius 2 is 1.84 bits per heavy atom. The van der Waals surface area contributed by atoms with E-state index in [-0.39, 0.29) is 11.0 Å². The van der Waals surface area contributed by atoms with Crippen molar-refractivity contribution in [2.24, 2.45) is 11.8 Å². The molecular formula is C18H27FN2O3S. The lowest BCUT2D eigenvalue weighted by Gasteiger charge is -2.40. The Morgan fingerprint density at radius 1 is 1.20 bits per heavy atom. The van der Waals surface area contributed by atoms with Gasteiger partial charge in [0.25, 0.3) is 0 Å². The molecule has 0 radical (unpaired) electrons. The highest BCUT2D eigenvalue weighted by Gasteiger charge is 2.46. The van der Waals surface area contributed by atoms with E-state index in [1.165, 1.54) is 16.4 Å². The maximum absolute atomic E-state index is 13.8. The summed E-state index contributed by atoms with van der Waals surface area (Å²) in [5.41, 5.74) is 0.450. The lowest BCUT2D eigenvalue weighted by molar-refractivity contribution is -0.0209. The molecule has 25 heavy (non-hydrogen) atoms. The van der Waals surface area contributed by atoms with Gasteiger partial charge in [-0.1, -0.05) is 6.07 Å². The van der Waals surface area contributed by atoms with Gasteiger partial charge in [0.15, 0.2) is 0 Å². The van der Waals surface area contributed by atoms with E-state index in [0.717, 1.165) is 18.9 Å². The molecule has 0 bridgehead atoms. The molecule has 0 spiro atoms. The Balaban J connectivity index is 1.81. The smallest absolute Gasteiger partial charge is 0.243 e. The van der Waals surface area contributed by atoms with Crippen molar-refractivity contribution in [3.8, 4) is 0 Å². The molecule has 1 heterocycles. The molecule has 0 aromatic heterocycles. The molecule has 3 rings (SSSR count). The normalized spacial score (nSPS) is 30.6. The highest BCUT2D eigenvalue weighted by Crippen LogP contribution is 2.40. The minimum atomic E-state index is -3.66. The van der Waals surface area contributed by atoms with Gasteiger partial charge in [0.05, 0.1) is 11.0 Å². The molecule has 1 aliphatic carbocycles. The lowest BCUT2D eigenvalue weighted by Crippen LogP contribution is -2.47. The van der Waals surface area contributed by atoms with Gasteiger partial charge in [-0.05, 0) is 63.4 Å². The van der Waals surface area contributed by atoms with Gasteiger partial charge in [0.1, 0.15) is 5.82 Å². The molecule has 1 saturated heterocycles. The van der Waals surface area contributed by atoms with Gasteiger partial charge in [-0.2, -0.15) is 4.31 Å². The van der Waals surface area contributed by atoms with Crippen molar-refractivity contribution >= 4 is 10.0 Å². The number of benzene rings is 1. The number of methoxy groups -OCH3 is 1. The molecule has 5 nitrogen and oxygen atoms in total. The summed E-state index contributed by atoms with van der Waals surface area (Å²) in [5.74, 6) is 0.139. The van der Waals surface area contributed by atoms with Crippen molar-refractivity contribution in [2.45, 2.75) is 36.8 Å². The van der Waals surface area contributed by atoms with Crippen molar-refractivity contribution in [1.29, 1.82) is 0 Å². The SMILES string of the molecule is CO[C@@H]1C[C@H]2CN(S(=O)(=O)c3ccc(C)c(F)c3)C[C@H]2C[C@H]1N(C)C. The van der Waals surface area contributed by atoms with Crippen LogP contribution in [-0.4, -0.2) is 64.1 Å². The summed E-state index contributed by atoms with van der Waals surface area (Å²) in [6, 6.07) is 4.45. The summed E-state index contributed by atoms with van der Waals surface area (Å²) >= 11 is 0. The van der Waals surface area contributed by atoms with E-state index < -0.39 is 15.8 Å². The van der Waals surface area contributed by atoms with Gasteiger partial charge in [-0.25, -0.2) is 12.8 Å². The Labute approximate surface area is 149 Å². The quantitative estimate of drug-likeness (QED) is 0.815. The van der Waals surface area contributed by atoms with E-state index in [4.69, 9.17) is 4.74 Å². The number of nitrogens with zero attached hydrogens (tertiary/aromatic N) is 2. The third-order valence-electron chi connectivity index (χ3n) is 5.80. The molecule has 0 N–H and O–H groups in total. The molecule has 2 fully saturated rings. The fourth-order valence-electron chi connectivity index (χ4n) is 4.22. The second kappa shape index (κ2) is 6.95. The van der Waals surface area contributed by atoms with Crippen LogP contribution in [0.2, 0.25) is 0 Å². The largest absolute Gasteiger partial charge is 0.380 e. The summed E-state index contributed by atoms with van der Waals surface area (Å²) in [7, 11) is 2.14. The van der Waals surface area contributed by atoms with E-state index in [0.29, 0.717) is 36.5 Å². The molecule has 1 aliphatic heterocycles. The third kappa shape index (κ3) is 3.47. The average Bonchev–Trinajstić information content (AvgIpc) is 2.99. The van der Waals surface area contributed by atoms with Gasteiger partial charge >= 0.3 is 0 Å². The first-order valence-corrected chi connectivity index (χ1v) is 10.1. The first-order valence-electron chi connectivity index (χ1n) is 8.69. The first kappa shape index (κ1) is 18.8. The number of rotatable bonds is 4. The van der Waals surface area contributed by atoms with Crippen LogP contribution in [-0.2, 0) is 14.8 Å². The van der Waals surface area contributed by atoms with E-state index in [9.17, 15) is 12.8 Å². The van der Waals surface area contributed by atoms with Crippen molar-refractivity contribution in [3.63, 3.8) is 0 Å². The van der Waals surface area contributed by atoms with Crippen LogP contribution in [0.5, 0.6) is 0 Å². The Kier molecular flexibility index (Phi) is 5.21. The predicted octanol–water partition coefficient (Wildman–Crippen LogP) is 2.11. The zero-order valence-electron chi connectivity index (χ0n) is 15.3. The summed E-state index contributed by atoms with van der Waals surface area (Å²) in [6.45, 7) is 2.62. The van der Waals surface area contributed by atoms with Crippen molar-refractivity contribution in [2.75, 3.05) is 34.3 Å². The number of halogens is 1. The number of fused-ring (bicyclic) bond motifs is 1. The monoisotopic (exact) mass is 370 g/mol. The standard InChI is InChI=1S/C18H27FN2O3S/c1-12-5-6-15(9-16(12)19)25(22,23)21-10-13-7-17(20(2)3)18(24-4)8-14(13)11-21/h5-6,9,13-14,17-18H,7-8,10-11H2,1-4H3/t13-,14+,17-,18-/m1/s1. The topological polar surface area (TPSA) is 49.9 Å². The maximum Gasteiger partial charge on any atom is 0.243 e. The first-order chi connectivity index (χ1) is 11.7. The summed E-state index contributed by atoms with van der Waals surface area (Å²) in [4.78, 5) is 2.21. The molecule has 140 valence electrons. The summed E-state index contributed by atoms with van der Waals surface area (Å²) in [5, 5.41) is 0. The van der Waals surface area contributed by atoms with Gasteiger partial charge < -0.3 is 9.64 Å². The minimum Gasteiger partial charge on any atom is -0.380 e. The fraction of sp³-hybridized carbons (Fsp3) is 0.667. The predicted molar refractivity (Wildman–Crippen MR) is 94.4 cm³/mol. The maximum atomic E-state index is 13.8. The molecule has 0 unspecified atom stereocenters. The summed E-state index contributed by atoms with van der Waals surface area (Å²) in [6.07, 6.45) is 1.90. The average molecular weight is 370 g/mol. The van der Waals surface area contributed by atoms with Gasteiger partial charge in [0.2, 0.25) is 10.0 Å².